The Morgan fingerprint density at radius 2 is 1.88 bits per heavy atom. The number of halogens is 1. The van der Waals surface area contributed by atoms with E-state index in [0.29, 0.717) is 36.2 Å². The fourth-order valence-corrected chi connectivity index (χ4v) is 5.24. The minimum Gasteiger partial charge on any atom is -0.323 e. The second-order valence-electron chi connectivity index (χ2n) is 9.22. The smallest absolute Gasteiger partial charge is 0.323 e. The van der Waals surface area contributed by atoms with Crippen LogP contribution in [0.3, 0.4) is 0 Å². The van der Waals surface area contributed by atoms with Gasteiger partial charge < -0.3 is 9.88 Å². The molecule has 1 aliphatic carbocycles. The molecule has 2 fully saturated rings. The van der Waals surface area contributed by atoms with Crippen LogP contribution in [0.25, 0.3) is 11.0 Å². The van der Waals surface area contributed by atoms with Crippen LogP contribution in [0.4, 0.5) is 4.79 Å². The summed E-state index contributed by atoms with van der Waals surface area (Å²) in [6.45, 7) is 4.67. The van der Waals surface area contributed by atoms with Crippen LogP contribution in [0, 0.1) is 5.92 Å². The molecule has 3 amide bonds. The van der Waals surface area contributed by atoms with Gasteiger partial charge in [0, 0.05) is 11.6 Å². The Hall–Kier alpha value is -2.86. The van der Waals surface area contributed by atoms with Crippen LogP contribution >= 0.6 is 11.6 Å². The minimum absolute atomic E-state index is 0.127. The lowest BCUT2D eigenvalue weighted by atomic mass is 9.77. The molecule has 2 heterocycles. The van der Waals surface area contributed by atoms with E-state index < -0.39 is 11.6 Å². The van der Waals surface area contributed by atoms with Crippen molar-refractivity contribution in [3.05, 3.63) is 64.9 Å². The predicted octanol–water partition coefficient (Wildman–Crippen LogP) is 5.30. The normalized spacial score (nSPS) is 24.3. The van der Waals surface area contributed by atoms with Gasteiger partial charge in [0.2, 0.25) is 0 Å². The quantitative estimate of drug-likeness (QED) is 0.548. The van der Waals surface area contributed by atoms with Crippen molar-refractivity contribution in [2.45, 2.75) is 57.7 Å². The molecule has 1 saturated carbocycles. The van der Waals surface area contributed by atoms with Crippen LogP contribution in [0.1, 0.15) is 57.0 Å². The second-order valence-corrected chi connectivity index (χ2v) is 9.66. The van der Waals surface area contributed by atoms with Crippen molar-refractivity contribution in [1.82, 2.24) is 19.8 Å². The van der Waals surface area contributed by atoms with Crippen molar-refractivity contribution in [3.63, 3.8) is 0 Å². The van der Waals surface area contributed by atoms with Gasteiger partial charge >= 0.3 is 6.03 Å². The Balaban J connectivity index is 1.54. The zero-order valence-corrected chi connectivity index (χ0v) is 19.1. The van der Waals surface area contributed by atoms with Crippen molar-refractivity contribution in [2.24, 2.45) is 5.92 Å². The Labute approximate surface area is 192 Å². The number of nitrogens with one attached hydrogen (secondary N) is 1. The van der Waals surface area contributed by atoms with E-state index in [9.17, 15) is 9.59 Å². The van der Waals surface area contributed by atoms with Gasteiger partial charge in [0.15, 0.2) is 0 Å². The van der Waals surface area contributed by atoms with Gasteiger partial charge in [-0.3, -0.25) is 9.69 Å². The van der Waals surface area contributed by atoms with Gasteiger partial charge in [-0.05, 0) is 62.3 Å². The summed E-state index contributed by atoms with van der Waals surface area (Å²) >= 11 is 6.22. The summed E-state index contributed by atoms with van der Waals surface area (Å²) in [6.07, 6.45) is 3.27. The molecule has 5 rings (SSSR count). The molecule has 3 aromatic rings. The van der Waals surface area contributed by atoms with E-state index in [-0.39, 0.29) is 11.9 Å². The fourth-order valence-electron chi connectivity index (χ4n) is 5.07. The highest BCUT2D eigenvalue weighted by Gasteiger charge is 2.54. The molecule has 166 valence electrons. The first-order valence-electron chi connectivity index (χ1n) is 11.2. The van der Waals surface area contributed by atoms with Crippen LogP contribution in [-0.2, 0) is 11.3 Å². The molecular weight excluding hydrogens is 424 g/mol. The second kappa shape index (κ2) is 7.93. The first-order chi connectivity index (χ1) is 15.4. The average Bonchev–Trinajstić information content (AvgIpc) is 3.25. The topological polar surface area (TPSA) is 67.2 Å². The fraction of sp³-hybridized carbons (Fsp3) is 0.400. The monoisotopic (exact) mass is 450 g/mol. The number of imide groups is 1. The summed E-state index contributed by atoms with van der Waals surface area (Å²) in [7, 11) is 0. The predicted molar refractivity (Wildman–Crippen MR) is 124 cm³/mol. The lowest BCUT2D eigenvalue weighted by Gasteiger charge is -2.34. The summed E-state index contributed by atoms with van der Waals surface area (Å²) in [6, 6.07) is 14.9. The van der Waals surface area contributed by atoms with E-state index in [4.69, 9.17) is 16.6 Å². The number of hydrogen-bond donors (Lipinski definition) is 1. The van der Waals surface area contributed by atoms with Crippen LogP contribution < -0.4 is 5.32 Å². The zero-order valence-electron chi connectivity index (χ0n) is 18.3. The first-order valence-corrected chi connectivity index (χ1v) is 11.6. The third-order valence-electron chi connectivity index (χ3n) is 7.01. The minimum atomic E-state index is -0.766. The summed E-state index contributed by atoms with van der Waals surface area (Å²) in [5.74, 6) is 1.13. The highest BCUT2D eigenvalue weighted by molar-refractivity contribution is 6.31. The molecule has 1 aliphatic heterocycles. The maximum atomic E-state index is 13.5. The van der Waals surface area contributed by atoms with Crippen LogP contribution in [-0.4, -0.2) is 31.9 Å². The Morgan fingerprint density at radius 1 is 1.16 bits per heavy atom. The van der Waals surface area contributed by atoms with Gasteiger partial charge in [0.05, 0.1) is 17.1 Å². The molecule has 1 unspecified atom stereocenters. The van der Waals surface area contributed by atoms with E-state index in [1.807, 2.05) is 43.3 Å². The molecule has 2 aliphatic rings. The standard InChI is InChI=1S/C25H27ClN4O2/c1-16-10-12-25(13-11-16)23(31)30(24(32)28-25)17(2)22-27-20-14-19(26)8-9-21(20)29(22)15-18-6-4-3-5-7-18/h3-9,14,16-17H,10-13,15H2,1-2H3,(H,28,32). The third-order valence-corrected chi connectivity index (χ3v) is 7.24. The van der Waals surface area contributed by atoms with E-state index in [1.165, 1.54) is 4.90 Å². The largest absolute Gasteiger partial charge is 0.325 e. The number of rotatable bonds is 4. The molecule has 1 saturated heterocycles. The number of fused-ring (bicyclic) bond motifs is 1. The number of carbonyl (C=O) groups is 2. The molecule has 7 heteroatoms. The number of hydrogen-bond acceptors (Lipinski definition) is 3. The molecule has 1 spiro atoms. The van der Waals surface area contributed by atoms with Crippen molar-refractivity contribution in [1.29, 1.82) is 0 Å². The van der Waals surface area contributed by atoms with Crippen molar-refractivity contribution in [3.8, 4) is 0 Å². The Bertz CT molecular complexity index is 1180. The molecule has 1 atom stereocenters. The number of amides is 3. The first kappa shape index (κ1) is 21.0. The maximum absolute atomic E-state index is 13.5. The highest BCUT2D eigenvalue weighted by atomic mass is 35.5. The van der Waals surface area contributed by atoms with Gasteiger partial charge in [0.1, 0.15) is 11.4 Å². The van der Waals surface area contributed by atoms with Crippen LogP contribution in [0.5, 0.6) is 0 Å². The average molecular weight is 451 g/mol. The van der Waals surface area contributed by atoms with E-state index >= 15 is 0 Å². The molecule has 0 bridgehead atoms. The van der Waals surface area contributed by atoms with Crippen molar-refractivity contribution in [2.75, 3.05) is 0 Å². The molecule has 1 N–H and O–H groups in total. The number of benzene rings is 2. The molecular formula is C25H27ClN4O2. The number of imidazole rings is 1. The lowest BCUT2D eigenvalue weighted by Crippen LogP contribution is -2.49. The van der Waals surface area contributed by atoms with Gasteiger partial charge in [-0.15, -0.1) is 0 Å². The SMILES string of the molecule is CC1CCC2(CC1)NC(=O)N(C(C)c1nc3cc(Cl)ccc3n1Cc1ccccc1)C2=O. The van der Waals surface area contributed by atoms with Crippen molar-refractivity contribution < 1.29 is 9.59 Å². The summed E-state index contributed by atoms with van der Waals surface area (Å²) in [5.41, 5.74) is 2.03. The highest BCUT2D eigenvalue weighted by Crippen LogP contribution is 2.39. The van der Waals surface area contributed by atoms with Crippen molar-refractivity contribution >= 4 is 34.6 Å². The van der Waals surface area contributed by atoms with Gasteiger partial charge in [-0.2, -0.15) is 0 Å². The molecule has 2 aromatic carbocycles. The van der Waals surface area contributed by atoms with Gasteiger partial charge in [0.25, 0.3) is 5.91 Å². The molecule has 32 heavy (non-hydrogen) atoms. The van der Waals surface area contributed by atoms with E-state index in [2.05, 4.69) is 28.9 Å². The van der Waals surface area contributed by atoms with Crippen LogP contribution in [0.15, 0.2) is 48.5 Å². The molecule has 0 radical (unpaired) electrons. The molecule has 1 aromatic heterocycles. The Morgan fingerprint density at radius 3 is 2.59 bits per heavy atom. The molecule has 6 nitrogen and oxygen atoms in total. The number of urea groups is 1. The van der Waals surface area contributed by atoms with E-state index in [0.717, 1.165) is 29.4 Å². The van der Waals surface area contributed by atoms with Crippen LogP contribution in [0.2, 0.25) is 5.02 Å². The number of carbonyl (C=O) groups excluding carboxylic acids is 2. The van der Waals surface area contributed by atoms with E-state index in [1.54, 1.807) is 0 Å². The number of aromatic nitrogens is 2. The third kappa shape index (κ3) is 3.47. The van der Waals surface area contributed by atoms with Gasteiger partial charge in [-0.25, -0.2) is 9.78 Å². The zero-order chi connectivity index (χ0) is 22.5. The lowest BCUT2D eigenvalue weighted by molar-refractivity contribution is -0.134. The maximum Gasteiger partial charge on any atom is 0.325 e. The summed E-state index contributed by atoms with van der Waals surface area (Å²) in [4.78, 5) is 32.8. The summed E-state index contributed by atoms with van der Waals surface area (Å²) in [5, 5.41) is 3.63. The number of nitrogens with zero attached hydrogens (tertiary/aromatic N) is 3. The summed E-state index contributed by atoms with van der Waals surface area (Å²) < 4.78 is 2.08. The van der Waals surface area contributed by atoms with Gasteiger partial charge in [-0.1, -0.05) is 48.9 Å². The Kier molecular flexibility index (Phi) is 5.20.